The van der Waals surface area contributed by atoms with E-state index in [1.54, 1.807) is 25.6 Å². The topological polar surface area (TPSA) is 79.3 Å². The molecule has 0 bridgehead atoms. The van der Waals surface area contributed by atoms with Crippen LogP contribution in [0.2, 0.25) is 0 Å². The van der Waals surface area contributed by atoms with Gasteiger partial charge in [-0.15, -0.1) is 12.4 Å². The fraction of sp³-hybridized carbons (Fsp3) is 0.308. The minimum atomic E-state index is -4.53. The van der Waals surface area contributed by atoms with Gasteiger partial charge in [0.1, 0.15) is 11.5 Å². The molecule has 0 unspecified atom stereocenters. The van der Waals surface area contributed by atoms with Crippen LogP contribution in [0.3, 0.4) is 0 Å². The summed E-state index contributed by atoms with van der Waals surface area (Å²) in [6, 6.07) is 13.5. The smallest absolute Gasteiger partial charge is 0.433 e. The summed E-state index contributed by atoms with van der Waals surface area (Å²) in [7, 11) is 1.56. The summed E-state index contributed by atoms with van der Waals surface area (Å²) in [5.41, 5.74) is 0.744. The minimum Gasteiger partial charge on any atom is -0.481 e. The number of benzene rings is 1. The average Bonchev–Trinajstić information content (AvgIpc) is 2.93. The molecule has 1 saturated heterocycles. The molecule has 3 aromatic heterocycles. The molecule has 0 spiro atoms. The number of hydrogen-bond donors (Lipinski definition) is 1. The Morgan fingerprint density at radius 1 is 0.947 bits per heavy atom. The lowest BCUT2D eigenvalue weighted by Crippen LogP contribution is -2.48. The molecule has 1 aliphatic rings. The van der Waals surface area contributed by atoms with E-state index in [2.05, 4.69) is 35.1 Å². The molecule has 1 N–H and O–H groups in total. The van der Waals surface area contributed by atoms with Crippen LogP contribution in [-0.2, 0) is 6.18 Å². The van der Waals surface area contributed by atoms with Gasteiger partial charge in [0.2, 0.25) is 11.8 Å². The lowest BCUT2D eigenvalue weighted by Gasteiger charge is -2.36. The van der Waals surface area contributed by atoms with Crippen LogP contribution in [0.15, 0.2) is 60.9 Å². The molecule has 8 nitrogen and oxygen atoms in total. The Balaban J connectivity index is 0.00000336. The Morgan fingerprint density at radius 2 is 1.71 bits per heavy atom. The number of pyridine rings is 2. The van der Waals surface area contributed by atoms with Gasteiger partial charge in [0, 0.05) is 68.7 Å². The molecule has 1 fully saturated rings. The molecule has 5 rings (SSSR count). The molecule has 0 radical (unpaired) electrons. The number of aromatic nitrogens is 4. The summed E-state index contributed by atoms with van der Waals surface area (Å²) in [5.74, 6) is 1.66. The third-order valence-corrected chi connectivity index (χ3v) is 6.30. The van der Waals surface area contributed by atoms with E-state index in [9.17, 15) is 13.2 Å². The van der Waals surface area contributed by atoms with Crippen LogP contribution in [0.1, 0.15) is 5.69 Å². The van der Waals surface area contributed by atoms with Gasteiger partial charge in [-0.2, -0.15) is 18.2 Å². The van der Waals surface area contributed by atoms with Gasteiger partial charge in [-0.25, -0.2) is 15.0 Å². The zero-order valence-corrected chi connectivity index (χ0v) is 21.5. The summed E-state index contributed by atoms with van der Waals surface area (Å²) < 4.78 is 45.6. The van der Waals surface area contributed by atoms with Gasteiger partial charge in [0.05, 0.1) is 12.6 Å². The first kappa shape index (κ1) is 27.3. The first-order valence-corrected chi connectivity index (χ1v) is 11.9. The number of hydrogen-bond acceptors (Lipinski definition) is 8. The van der Waals surface area contributed by atoms with Crippen molar-refractivity contribution in [2.75, 3.05) is 56.6 Å². The van der Waals surface area contributed by atoms with Crippen molar-refractivity contribution in [2.45, 2.75) is 6.18 Å². The van der Waals surface area contributed by atoms with Gasteiger partial charge in [-0.3, -0.25) is 4.90 Å². The van der Waals surface area contributed by atoms with Crippen LogP contribution < -0.4 is 15.0 Å². The highest BCUT2D eigenvalue weighted by Crippen LogP contribution is 2.36. The lowest BCUT2D eigenvalue weighted by molar-refractivity contribution is -0.140. The second kappa shape index (κ2) is 11.8. The maximum absolute atomic E-state index is 13.5. The molecule has 0 atom stereocenters. The van der Waals surface area contributed by atoms with Crippen LogP contribution in [-0.4, -0.2) is 71.2 Å². The van der Waals surface area contributed by atoms with Crippen molar-refractivity contribution in [3.05, 3.63) is 66.6 Å². The number of nitrogens with one attached hydrogen (secondary N) is 1. The van der Waals surface area contributed by atoms with E-state index in [1.165, 1.54) is 6.07 Å². The van der Waals surface area contributed by atoms with Gasteiger partial charge in [0.25, 0.3) is 0 Å². The Morgan fingerprint density at radius 3 is 2.42 bits per heavy atom. The quantitative estimate of drug-likeness (QED) is 0.356. The van der Waals surface area contributed by atoms with Gasteiger partial charge in [-0.1, -0.05) is 30.3 Å². The predicted octanol–water partition coefficient (Wildman–Crippen LogP) is 4.77. The Bertz CT molecular complexity index is 1370. The first-order valence-electron chi connectivity index (χ1n) is 11.9. The molecule has 38 heavy (non-hydrogen) atoms. The molecule has 0 aliphatic carbocycles. The summed E-state index contributed by atoms with van der Waals surface area (Å²) in [6.45, 7) is 4.44. The van der Waals surface area contributed by atoms with Gasteiger partial charge < -0.3 is 15.0 Å². The van der Waals surface area contributed by atoms with Gasteiger partial charge in [0.15, 0.2) is 0 Å². The molecule has 0 amide bonds. The maximum atomic E-state index is 13.5. The fourth-order valence-electron chi connectivity index (χ4n) is 4.39. The van der Waals surface area contributed by atoms with Crippen molar-refractivity contribution in [2.24, 2.45) is 0 Å². The molecule has 4 aromatic rings. The standard InChI is InChI=1S/C26H26F3N7O.ClH/c1-37-22-9-10-30-25(34-22)31-11-12-35-13-15-36(16-14-35)24-19-7-8-21(26(27,28)29)33-23(19)20(17-32-24)18-5-3-2-4-6-18;/h2-10,17H,11-16H2,1H3,(H,30,31,34);1H. The number of halogens is 4. The number of nitrogens with zero attached hydrogens (tertiary/aromatic N) is 6. The highest BCUT2D eigenvalue weighted by Gasteiger charge is 2.33. The molecule has 1 aromatic carbocycles. The molecular formula is C26H27ClF3N7O. The zero-order valence-electron chi connectivity index (χ0n) is 20.6. The fourth-order valence-corrected chi connectivity index (χ4v) is 4.39. The highest BCUT2D eigenvalue weighted by molar-refractivity contribution is 5.99. The summed E-state index contributed by atoms with van der Waals surface area (Å²) in [4.78, 5) is 21.6. The third kappa shape index (κ3) is 6.05. The normalized spacial score (nSPS) is 14.3. The van der Waals surface area contributed by atoms with E-state index in [4.69, 9.17) is 4.74 Å². The second-order valence-electron chi connectivity index (χ2n) is 8.63. The van der Waals surface area contributed by atoms with Crippen molar-refractivity contribution >= 4 is 35.1 Å². The van der Waals surface area contributed by atoms with Crippen LogP contribution in [0.25, 0.3) is 22.0 Å². The average molecular weight is 546 g/mol. The highest BCUT2D eigenvalue weighted by atomic mass is 35.5. The SMILES string of the molecule is COc1ccnc(NCCN2CCN(c3ncc(-c4ccccc4)c4nc(C(F)(F)F)ccc34)CC2)n1.Cl. The number of anilines is 2. The largest absolute Gasteiger partial charge is 0.481 e. The molecule has 4 heterocycles. The number of rotatable bonds is 7. The summed E-state index contributed by atoms with van der Waals surface area (Å²) >= 11 is 0. The monoisotopic (exact) mass is 545 g/mol. The Kier molecular flexibility index (Phi) is 8.48. The van der Waals surface area contributed by atoms with Crippen LogP contribution in [0.5, 0.6) is 5.88 Å². The van der Waals surface area contributed by atoms with Crippen molar-refractivity contribution in [1.82, 2.24) is 24.8 Å². The summed E-state index contributed by atoms with van der Waals surface area (Å²) in [5, 5.41) is 3.81. The van der Waals surface area contributed by atoms with Crippen LogP contribution in [0.4, 0.5) is 24.9 Å². The van der Waals surface area contributed by atoms with E-state index in [0.717, 1.165) is 31.3 Å². The van der Waals surface area contributed by atoms with E-state index < -0.39 is 11.9 Å². The number of ether oxygens (including phenoxy) is 1. The van der Waals surface area contributed by atoms with E-state index in [0.29, 0.717) is 53.7 Å². The minimum absolute atomic E-state index is 0. The number of fused-ring (bicyclic) bond motifs is 1. The zero-order chi connectivity index (χ0) is 25.8. The maximum Gasteiger partial charge on any atom is 0.433 e. The number of piperazine rings is 1. The first-order chi connectivity index (χ1) is 17.9. The van der Waals surface area contributed by atoms with Crippen LogP contribution in [0, 0.1) is 0 Å². The molecule has 12 heteroatoms. The molecule has 1 aliphatic heterocycles. The number of alkyl halides is 3. The molecular weight excluding hydrogens is 519 g/mol. The third-order valence-electron chi connectivity index (χ3n) is 6.30. The van der Waals surface area contributed by atoms with Crippen molar-refractivity contribution in [3.8, 4) is 17.0 Å². The van der Waals surface area contributed by atoms with Gasteiger partial charge >= 0.3 is 6.18 Å². The van der Waals surface area contributed by atoms with E-state index >= 15 is 0 Å². The molecule has 0 saturated carbocycles. The predicted molar refractivity (Wildman–Crippen MR) is 143 cm³/mol. The summed E-state index contributed by atoms with van der Waals surface area (Å²) in [6.07, 6.45) is -1.26. The van der Waals surface area contributed by atoms with Crippen molar-refractivity contribution in [3.63, 3.8) is 0 Å². The second-order valence-corrected chi connectivity index (χ2v) is 8.63. The van der Waals surface area contributed by atoms with Crippen LogP contribution >= 0.6 is 12.4 Å². The van der Waals surface area contributed by atoms with Crippen molar-refractivity contribution < 1.29 is 17.9 Å². The number of methoxy groups -OCH3 is 1. The van der Waals surface area contributed by atoms with Crippen molar-refractivity contribution in [1.29, 1.82) is 0 Å². The Hall–Kier alpha value is -3.70. The lowest BCUT2D eigenvalue weighted by atomic mass is 10.0. The van der Waals surface area contributed by atoms with E-state index in [-0.39, 0.29) is 12.4 Å². The molecule has 200 valence electrons. The van der Waals surface area contributed by atoms with Gasteiger partial charge in [-0.05, 0) is 17.7 Å². The Labute approximate surface area is 224 Å². The van der Waals surface area contributed by atoms with E-state index in [1.807, 2.05) is 30.3 Å².